The van der Waals surface area contributed by atoms with Gasteiger partial charge in [-0.25, -0.2) is 9.97 Å². The molecule has 5 heteroatoms. The van der Waals surface area contributed by atoms with Gasteiger partial charge in [-0.3, -0.25) is 0 Å². The van der Waals surface area contributed by atoms with Gasteiger partial charge in [0.05, 0.1) is 6.10 Å². The minimum absolute atomic E-state index is 0.135. The summed E-state index contributed by atoms with van der Waals surface area (Å²) in [5.74, 6) is 1.43. The lowest BCUT2D eigenvalue weighted by Gasteiger charge is -2.18. The molecular weight excluding hydrogens is 250 g/mol. The first kappa shape index (κ1) is 15.2. The molecule has 0 saturated carbocycles. The van der Waals surface area contributed by atoms with Gasteiger partial charge in [0.1, 0.15) is 16.8 Å². The van der Waals surface area contributed by atoms with E-state index in [-0.39, 0.29) is 11.5 Å². The predicted octanol–water partition coefficient (Wildman–Crippen LogP) is 3.00. The van der Waals surface area contributed by atoms with Crippen molar-refractivity contribution in [2.24, 2.45) is 0 Å². The third-order valence-corrected chi connectivity index (χ3v) is 2.81. The first-order valence-electron chi connectivity index (χ1n) is 6.30. The Labute approximate surface area is 114 Å². The molecule has 1 atom stereocenters. The highest BCUT2D eigenvalue weighted by molar-refractivity contribution is 6.29. The molecule has 1 rings (SSSR count). The molecule has 0 aliphatic carbocycles. The fraction of sp³-hybridized carbons (Fsp3) is 0.692. The molecule has 0 aliphatic rings. The van der Waals surface area contributed by atoms with E-state index in [0.29, 0.717) is 29.8 Å². The normalized spacial score (nSPS) is 13.4. The summed E-state index contributed by atoms with van der Waals surface area (Å²) in [7, 11) is 0. The molecule has 1 aromatic rings. The summed E-state index contributed by atoms with van der Waals surface area (Å²) < 4.78 is 0. The number of rotatable bonds is 5. The highest BCUT2D eigenvalue weighted by Crippen LogP contribution is 2.22. The number of aliphatic hydroxyl groups is 1. The summed E-state index contributed by atoms with van der Waals surface area (Å²) in [5, 5.41) is 13.1. The van der Waals surface area contributed by atoms with E-state index in [0.717, 1.165) is 6.42 Å². The zero-order valence-electron chi connectivity index (χ0n) is 11.5. The molecule has 2 N–H and O–H groups in total. The molecule has 18 heavy (non-hydrogen) atoms. The van der Waals surface area contributed by atoms with E-state index in [1.807, 2.05) is 27.7 Å². The highest BCUT2D eigenvalue weighted by Gasteiger charge is 2.18. The van der Waals surface area contributed by atoms with Gasteiger partial charge in [0.2, 0.25) is 0 Å². The van der Waals surface area contributed by atoms with Crippen molar-refractivity contribution in [3.05, 3.63) is 17.0 Å². The molecule has 0 aliphatic heterocycles. The first-order chi connectivity index (χ1) is 8.32. The van der Waals surface area contributed by atoms with E-state index in [1.54, 1.807) is 6.07 Å². The summed E-state index contributed by atoms with van der Waals surface area (Å²) in [5.41, 5.74) is -0.135. The Kier molecular flexibility index (Phi) is 5.35. The van der Waals surface area contributed by atoms with Crippen LogP contribution in [0.25, 0.3) is 0 Å². The van der Waals surface area contributed by atoms with Crippen molar-refractivity contribution >= 4 is 17.4 Å². The third kappa shape index (κ3) is 4.78. The number of aliphatic hydroxyl groups excluding tert-OH is 1. The number of hydrogen-bond donors (Lipinski definition) is 2. The molecule has 0 aromatic carbocycles. The highest BCUT2D eigenvalue weighted by atomic mass is 35.5. The number of anilines is 1. The summed E-state index contributed by atoms with van der Waals surface area (Å²) in [4.78, 5) is 8.67. The van der Waals surface area contributed by atoms with Crippen LogP contribution in [0.3, 0.4) is 0 Å². The SMILES string of the molecule is CCC(O)CCNc1cc(Cl)nc(C(C)(C)C)n1. The summed E-state index contributed by atoms with van der Waals surface area (Å²) >= 11 is 5.98. The van der Waals surface area contributed by atoms with E-state index < -0.39 is 0 Å². The van der Waals surface area contributed by atoms with Gasteiger partial charge in [0, 0.05) is 18.0 Å². The molecule has 0 saturated heterocycles. The molecule has 0 amide bonds. The third-order valence-electron chi connectivity index (χ3n) is 2.62. The Balaban J connectivity index is 2.69. The first-order valence-corrected chi connectivity index (χ1v) is 6.67. The van der Waals surface area contributed by atoms with Gasteiger partial charge in [-0.15, -0.1) is 0 Å². The number of halogens is 1. The monoisotopic (exact) mass is 271 g/mol. The van der Waals surface area contributed by atoms with Crippen molar-refractivity contribution in [1.29, 1.82) is 0 Å². The second-order valence-corrected chi connectivity index (χ2v) is 5.81. The fourth-order valence-electron chi connectivity index (χ4n) is 1.41. The number of nitrogens with one attached hydrogen (secondary N) is 1. The van der Waals surface area contributed by atoms with Crippen molar-refractivity contribution in [1.82, 2.24) is 9.97 Å². The van der Waals surface area contributed by atoms with Crippen LogP contribution < -0.4 is 5.32 Å². The molecule has 0 fully saturated rings. The zero-order valence-corrected chi connectivity index (χ0v) is 12.3. The average molecular weight is 272 g/mol. The maximum atomic E-state index is 9.48. The lowest BCUT2D eigenvalue weighted by molar-refractivity contribution is 0.164. The summed E-state index contributed by atoms with van der Waals surface area (Å²) in [6, 6.07) is 1.70. The molecule has 102 valence electrons. The molecule has 1 unspecified atom stereocenters. The van der Waals surface area contributed by atoms with E-state index in [4.69, 9.17) is 11.6 Å². The Hall–Kier alpha value is -0.870. The van der Waals surface area contributed by atoms with Crippen molar-refractivity contribution in [2.75, 3.05) is 11.9 Å². The summed E-state index contributed by atoms with van der Waals surface area (Å²) in [6.07, 6.45) is 1.19. The Bertz CT molecular complexity index is 390. The average Bonchev–Trinajstić information content (AvgIpc) is 2.27. The molecule has 1 aromatic heterocycles. The minimum atomic E-state index is -0.267. The maximum absolute atomic E-state index is 9.48. The van der Waals surface area contributed by atoms with Crippen LogP contribution in [0.4, 0.5) is 5.82 Å². The van der Waals surface area contributed by atoms with Gasteiger partial charge in [-0.1, -0.05) is 39.3 Å². The quantitative estimate of drug-likeness (QED) is 0.809. The standard InChI is InChI=1S/C13H22ClN3O/c1-5-9(18)6-7-15-11-8-10(14)16-12(17-11)13(2,3)4/h8-9,18H,5-7H2,1-4H3,(H,15,16,17). The lowest BCUT2D eigenvalue weighted by atomic mass is 9.96. The maximum Gasteiger partial charge on any atom is 0.137 e. The summed E-state index contributed by atoms with van der Waals surface area (Å²) in [6.45, 7) is 8.77. The van der Waals surface area contributed by atoms with Crippen molar-refractivity contribution < 1.29 is 5.11 Å². The number of aromatic nitrogens is 2. The molecule has 0 spiro atoms. The second kappa shape index (κ2) is 6.34. The Morgan fingerprint density at radius 1 is 1.39 bits per heavy atom. The second-order valence-electron chi connectivity index (χ2n) is 5.43. The predicted molar refractivity (Wildman–Crippen MR) is 75.1 cm³/mol. The van der Waals surface area contributed by atoms with Crippen LogP contribution in [0.2, 0.25) is 5.15 Å². The molecule has 0 radical (unpaired) electrons. The topological polar surface area (TPSA) is 58.0 Å². The van der Waals surface area contributed by atoms with Crippen LogP contribution in [0.1, 0.15) is 46.4 Å². The smallest absolute Gasteiger partial charge is 0.137 e. The van der Waals surface area contributed by atoms with Crippen LogP contribution in [0.5, 0.6) is 0 Å². The van der Waals surface area contributed by atoms with Crippen LogP contribution in [-0.4, -0.2) is 27.7 Å². The van der Waals surface area contributed by atoms with Gasteiger partial charge in [0.15, 0.2) is 0 Å². The van der Waals surface area contributed by atoms with Crippen LogP contribution in [-0.2, 0) is 5.41 Å². The largest absolute Gasteiger partial charge is 0.393 e. The van der Waals surface area contributed by atoms with Crippen LogP contribution in [0, 0.1) is 0 Å². The zero-order chi connectivity index (χ0) is 13.8. The van der Waals surface area contributed by atoms with E-state index >= 15 is 0 Å². The van der Waals surface area contributed by atoms with Gasteiger partial charge in [-0.2, -0.15) is 0 Å². The number of hydrogen-bond acceptors (Lipinski definition) is 4. The molecular formula is C13H22ClN3O. The van der Waals surface area contributed by atoms with Gasteiger partial charge in [-0.05, 0) is 12.8 Å². The Morgan fingerprint density at radius 3 is 2.61 bits per heavy atom. The molecule has 4 nitrogen and oxygen atoms in total. The van der Waals surface area contributed by atoms with E-state index in [2.05, 4.69) is 15.3 Å². The Morgan fingerprint density at radius 2 is 2.06 bits per heavy atom. The van der Waals surface area contributed by atoms with Crippen molar-refractivity contribution in [3.63, 3.8) is 0 Å². The van der Waals surface area contributed by atoms with Crippen LogP contribution in [0.15, 0.2) is 6.07 Å². The van der Waals surface area contributed by atoms with E-state index in [1.165, 1.54) is 0 Å². The van der Waals surface area contributed by atoms with Crippen LogP contribution >= 0.6 is 11.6 Å². The fourth-order valence-corrected chi connectivity index (χ4v) is 1.60. The minimum Gasteiger partial charge on any atom is -0.393 e. The lowest BCUT2D eigenvalue weighted by Crippen LogP contribution is -2.18. The van der Waals surface area contributed by atoms with Gasteiger partial charge in [0.25, 0.3) is 0 Å². The van der Waals surface area contributed by atoms with Gasteiger partial charge >= 0.3 is 0 Å². The molecule has 0 bridgehead atoms. The van der Waals surface area contributed by atoms with E-state index in [9.17, 15) is 5.11 Å². The van der Waals surface area contributed by atoms with Gasteiger partial charge < -0.3 is 10.4 Å². The molecule has 1 heterocycles. The van der Waals surface area contributed by atoms with Crippen molar-refractivity contribution in [2.45, 2.75) is 52.1 Å². The van der Waals surface area contributed by atoms with Crippen molar-refractivity contribution in [3.8, 4) is 0 Å². The number of nitrogens with zero attached hydrogens (tertiary/aromatic N) is 2.